The van der Waals surface area contributed by atoms with Gasteiger partial charge >= 0.3 is 17.9 Å². The Kier molecular flexibility index (Phi) is 38.5. The standard InChI is InChI=1S/C44H82O6/c1-4-7-10-13-16-17-18-19-20-21-22-23-24-25-26-29-31-34-37-43(46)49-40-41(50-44(47)38-35-32-28-15-12-9-6-3)39-48-42(45)36-33-30-27-14-11-8-5-2/h20-21,41H,4-19,22-40H2,1-3H3/b21-20-. The number of rotatable bonds is 39. The van der Waals surface area contributed by atoms with Crippen LogP contribution in [0.15, 0.2) is 12.2 Å². The number of carbonyl (C=O) groups excluding carboxylic acids is 3. The van der Waals surface area contributed by atoms with E-state index in [1.807, 2.05) is 0 Å². The van der Waals surface area contributed by atoms with Gasteiger partial charge in [0, 0.05) is 19.3 Å². The number of esters is 3. The number of allylic oxidation sites excluding steroid dienone is 2. The Morgan fingerprint density at radius 3 is 1.00 bits per heavy atom. The smallest absolute Gasteiger partial charge is 0.306 e. The van der Waals surface area contributed by atoms with Crippen molar-refractivity contribution in [3.05, 3.63) is 12.2 Å². The molecule has 0 fully saturated rings. The van der Waals surface area contributed by atoms with E-state index in [4.69, 9.17) is 14.2 Å². The average Bonchev–Trinajstić information content (AvgIpc) is 3.11. The van der Waals surface area contributed by atoms with E-state index in [9.17, 15) is 14.4 Å². The number of carbonyl (C=O) groups is 3. The summed E-state index contributed by atoms with van der Waals surface area (Å²) in [7, 11) is 0. The van der Waals surface area contributed by atoms with Gasteiger partial charge in [0.05, 0.1) is 0 Å². The van der Waals surface area contributed by atoms with Crippen molar-refractivity contribution in [2.75, 3.05) is 13.2 Å². The first-order valence-corrected chi connectivity index (χ1v) is 21.7. The molecule has 1 unspecified atom stereocenters. The van der Waals surface area contributed by atoms with Crippen LogP contribution in [0.3, 0.4) is 0 Å². The van der Waals surface area contributed by atoms with Crippen LogP contribution in [0.25, 0.3) is 0 Å². The van der Waals surface area contributed by atoms with Crippen molar-refractivity contribution in [2.45, 2.75) is 239 Å². The van der Waals surface area contributed by atoms with E-state index in [1.54, 1.807) is 0 Å². The molecule has 0 aliphatic heterocycles. The van der Waals surface area contributed by atoms with Crippen LogP contribution in [-0.4, -0.2) is 37.2 Å². The fourth-order valence-electron chi connectivity index (χ4n) is 6.20. The van der Waals surface area contributed by atoms with Crippen LogP contribution in [-0.2, 0) is 28.6 Å². The molecule has 0 radical (unpaired) electrons. The fraction of sp³-hybridized carbons (Fsp3) is 0.886. The van der Waals surface area contributed by atoms with Gasteiger partial charge < -0.3 is 14.2 Å². The lowest BCUT2D eigenvalue weighted by atomic mass is 10.1. The summed E-state index contributed by atoms with van der Waals surface area (Å²) in [4.78, 5) is 37.3. The average molecular weight is 707 g/mol. The molecule has 6 heteroatoms. The van der Waals surface area contributed by atoms with Crippen LogP contribution in [0.1, 0.15) is 233 Å². The van der Waals surface area contributed by atoms with Gasteiger partial charge in [-0.05, 0) is 44.9 Å². The fourth-order valence-corrected chi connectivity index (χ4v) is 6.20. The second-order valence-electron chi connectivity index (χ2n) is 14.6. The topological polar surface area (TPSA) is 78.9 Å². The van der Waals surface area contributed by atoms with E-state index in [1.165, 1.54) is 135 Å². The molecule has 1 atom stereocenters. The van der Waals surface area contributed by atoms with E-state index in [2.05, 4.69) is 32.9 Å². The summed E-state index contributed by atoms with van der Waals surface area (Å²) in [6.45, 7) is 6.54. The van der Waals surface area contributed by atoms with Gasteiger partial charge in [0.15, 0.2) is 6.10 Å². The van der Waals surface area contributed by atoms with E-state index in [0.29, 0.717) is 19.3 Å². The normalized spacial score (nSPS) is 12.0. The van der Waals surface area contributed by atoms with Gasteiger partial charge in [-0.2, -0.15) is 0 Å². The third-order valence-corrected chi connectivity index (χ3v) is 9.52. The number of hydrogen-bond acceptors (Lipinski definition) is 6. The van der Waals surface area contributed by atoms with Crippen molar-refractivity contribution in [1.29, 1.82) is 0 Å². The largest absolute Gasteiger partial charge is 0.462 e. The molecule has 50 heavy (non-hydrogen) atoms. The zero-order valence-electron chi connectivity index (χ0n) is 33.4. The van der Waals surface area contributed by atoms with Crippen LogP contribution in [0.5, 0.6) is 0 Å². The Bertz CT molecular complexity index is 778. The lowest BCUT2D eigenvalue weighted by Gasteiger charge is -2.18. The molecular weight excluding hydrogens is 624 g/mol. The predicted octanol–water partition coefficient (Wildman–Crippen LogP) is 13.5. The van der Waals surface area contributed by atoms with Crippen molar-refractivity contribution < 1.29 is 28.6 Å². The first kappa shape index (κ1) is 48.1. The van der Waals surface area contributed by atoms with Crippen LogP contribution < -0.4 is 0 Å². The maximum atomic E-state index is 12.5. The van der Waals surface area contributed by atoms with Gasteiger partial charge in [-0.15, -0.1) is 0 Å². The van der Waals surface area contributed by atoms with Gasteiger partial charge in [0.2, 0.25) is 0 Å². The molecule has 0 spiro atoms. The molecule has 0 N–H and O–H groups in total. The summed E-state index contributed by atoms with van der Waals surface area (Å²) in [5, 5.41) is 0. The van der Waals surface area contributed by atoms with E-state index in [-0.39, 0.29) is 31.1 Å². The second kappa shape index (κ2) is 39.9. The maximum absolute atomic E-state index is 12.5. The summed E-state index contributed by atoms with van der Waals surface area (Å²) in [5.41, 5.74) is 0. The molecule has 6 nitrogen and oxygen atoms in total. The molecule has 0 amide bonds. The van der Waals surface area contributed by atoms with Crippen LogP contribution in [0.4, 0.5) is 0 Å². The minimum Gasteiger partial charge on any atom is -0.462 e. The minimum absolute atomic E-state index is 0.0691. The molecule has 294 valence electrons. The van der Waals surface area contributed by atoms with Gasteiger partial charge in [-0.1, -0.05) is 181 Å². The molecule has 0 aromatic heterocycles. The molecule has 0 aliphatic carbocycles. The summed E-state index contributed by atoms with van der Waals surface area (Å²) < 4.78 is 16.6. The zero-order chi connectivity index (χ0) is 36.6. The Hall–Kier alpha value is -1.85. The molecule has 0 aliphatic rings. The van der Waals surface area contributed by atoms with Crippen molar-refractivity contribution in [3.63, 3.8) is 0 Å². The minimum atomic E-state index is -0.760. The monoisotopic (exact) mass is 707 g/mol. The molecule has 0 saturated heterocycles. The molecule has 0 aromatic carbocycles. The van der Waals surface area contributed by atoms with Gasteiger partial charge in [-0.3, -0.25) is 14.4 Å². The Morgan fingerprint density at radius 2 is 0.660 bits per heavy atom. The maximum Gasteiger partial charge on any atom is 0.306 e. The molecule has 0 saturated carbocycles. The Balaban J connectivity index is 4.16. The summed E-state index contributed by atoms with van der Waals surface area (Å²) in [6.07, 6.45) is 40.8. The summed E-state index contributed by atoms with van der Waals surface area (Å²) >= 11 is 0. The zero-order valence-corrected chi connectivity index (χ0v) is 33.4. The third-order valence-electron chi connectivity index (χ3n) is 9.52. The number of ether oxygens (including phenoxy) is 3. The van der Waals surface area contributed by atoms with Crippen molar-refractivity contribution in [1.82, 2.24) is 0 Å². The van der Waals surface area contributed by atoms with Gasteiger partial charge in [0.1, 0.15) is 13.2 Å². The van der Waals surface area contributed by atoms with E-state index < -0.39 is 6.10 Å². The Labute approximate surface area is 310 Å². The third kappa shape index (κ3) is 37.4. The number of hydrogen-bond donors (Lipinski definition) is 0. The van der Waals surface area contributed by atoms with Crippen molar-refractivity contribution in [2.24, 2.45) is 0 Å². The Morgan fingerprint density at radius 1 is 0.380 bits per heavy atom. The SMILES string of the molecule is CCCCCCCCC/C=C\CCCCCCCCCC(=O)OCC(COC(=O)CCCCCCCCC)OC(=O)CCCCCCCCC. The van der Waals surface area contributed by atoms with Crippen LogP contribution in [0.2, 0.25) is 0 Å². The van der Waals surface area contributed by atoms with Gasteiger partial charge in [-0.25, -0.2) is 0 Å². The summed E-state index contributed by atoms with van der Waals surface area (Å²) in [5.74, 6) is -0.883. The molecule has 0 aromatic rings. The first-order valence-electron chi connectivity index (χ1n) is 21.7. The highest BCUT2D eigenvalue weighted by Gasteiger charge is 2.19. The molecule has 0 bridgehead atoms. The lowest BCUT2D eigenvalue weighted by molar-refractivity contribution is -0.167. The molecular formula is C44H82O6. The predicted molar refractivity (Wildman–Crippen MR) is 210 cm³/mol. The van der Waals surface area contributed by atoms with E-state index >= 15 is 0 Å². The quantitative estimate of drug-likeness (QED) is 0.0274. The number of unbranched alkanes of at least 4 members (excludes halogenated alkanes) is 26. The van der Waals surface area contributed by atoms with E-state index in [0.717, 1.165) is 57.8 Å². The van der Waals surface area contributed by atoms with Crippen molar-refractivity contribution in [3.8, 4) is 0 Å². The molecule has 0 rings (SSSR count). The van der Waals surface area contributed by atoms with Crippen LogP contribution >= 0.6 is 0 Å². The van der Waals surface area contributed by atoms with Crippen molar-refractivity contribution >= 4 is 17.9 Å². The first-order chi connectivity index (χ1) is 24.5. The highest BCUT2D eigenvalue weighted by molar-refractivity contribution is 5.71. The second-order valence-corrected chi connectivity index (χ2v) is 14.6. The highest BCUT2D eigenvalue weighted by atomic mass is 16.6. The highest BCUT2D eigenvalue weighted by Crippen LogP contribution is 2.14. The lowest BCUT2D eigenvalue weighted by Crippen LogP contribution is -2.30. The van der Waals surface area contributed by atoms with Gasteiger partial charge in [0.25, 0.3) is 0 Å². The molecule has 0 heterocycles. The van der Waals surface area contributed by atoms with Crippen LogP contribution in [0, 0.1) is 0 Å². The summed E-state index contributed by atoms with van der Waals surface area (Å²) in [6, 6.07) is 0.